The number of aliphatic hydroxyl groups excluding tert-OH is 1. The molecular weight excluding hydrogens is 218 g/mol. The fraction of sp³-hybridized carbons (Fsp3) is 0.667. The van der Waals surface area contributed by atoms with Crippen LogP contribution in [-0.2, 0) is 12.8 Å². The maximum Gasteiger partial charge on any atom is 0.272 e. The van der Waals surface area contributed by atoms with E-state index < -0.39 is 6.10 Å². The summed E-state index contributed by atoms with van der Waals surface area (Å²) in [6.45, 7) is 4.12. The summed E-state index contributed by atoms with van der Waals surface area (Å²) in [5.41, 5.74) is 2.62. The highest BCUT2D eigenvalue weighted by Crippen LogP contribution is 2.22. The number of nitrogens with zero attached hydrogens (tertiary/aromatic N) is 1. The largest absolute Gasteiger partial charge is 0.391 e. The molecule has 1 heterocycles. The summed E-state index contributed by atoms with van der Waals surface area (Å²) in [5, 5.41) is 19.3. The van der Waals surface area contributed by atoms with E-state index in [-0.39, 0.29) is 18.4 Å². The summed E-state index contributed by atoms with van der Waals surface area (Å²) in [7, 11) is 0. The number of aromatic amines is 1. The van der Waals surface area contributed by atoms with Gasteiger partial charge in [-0.1, -0.05) is 13.8 Å². The van der Waals surface area contributed by atoms with Gasteiger partial charge < -0.3 is 10.4 Å². The summed E-state index contributed by atoms with van der Waals surface area (Å²) >= 11 is 0. The predicted molar refractivity (Wildman–Crippen MR) is 63.8 cm³/mol. The molecular formula is C12H19N3O2. The molecule has 17 heavy (non-hydrogen) atoms. The van der Waals surface area contributed by atoms with Crippen LogP contribution >= 0.6 is 0 Å². The van der Waals surface area contributed by atoms with Crippen molar-refractivity contribution in [2.75, 3.05) is 6.54 Å². The molecule has 1 unspecified atom stereocenters. The van der Waals surface area contributed by atoms with E-state index in [0.717, 1.165) is 30.5 Å². The van der Waals surface area contributed by atoms with E-state index in [1.807, 2.05) is 13.8 Å². The van der Waals surface area contributed by atoms with Crippen molar-refractivity contribution in [2.24, 2.45) is 5.92 Å². The van der Waals surface area contributed by atoms with Crippen molar-refractivity contribution in [1.82, 2.24) is 15.5 Å². The van der Waals surface area contributed by atoms with Gasteiger partial charge in [-0.05, 0) is 25.2 Å². The topological polar surface area (TPSA) is 78.0 Å². The Bertz CT molecular complexity index is 412. The lowest BCUT2D eigenvalue weighted by atomic mass is 10.1. The van der Waals surface area contributed by atoms with Gasteiger partial charge in [0.1, 0.15) is 0 Å². The summed E-state index contributed by atoms with van der Waals surface area (Å²) < 4.78 is 0. The Hall–Kier alpha value is -1.36. The molecule has 5 nitrogen and oxygen atoms in total. The predicted octanol–water partition coefficient (Wildman–Crippen LogP) is 0.645. The Labute approximate surface area is 101 Å². The van der Waals surface area contributed by atoms with Crippen LogP contribution in [0.25, 0.3) is 0 Å². The van der Waals surface area contributed by atoms with Gasteiger partial charge in [0.15, 0.2) is 5.69 Å². The quantitative estimate of drug-likeness (QED) is 0.719. The fourth-order valence-electron chi connectivity index (χ4n) is 2.02. The molecule has 94 valence electrons. The monoisotopic (exact) mass is 237 g/mol. The standard InChI is InChI=1S/C12H19N3O2/c1-7(2)10(16)6-13-12(17)11-8-4-3-5-9(8)14-15-11/h7,10,16H,3-6H2,1-2H3,(H,13,17)(H,14,15). The van der Waals surface area contributed by atoms with Crippen molar-refractivity contribution in [1.29, 1.82) is 0 Å². The van der Waals surface area contributed by atoms with Crippen LogP contribution in [0.5, 0.6) is 0 Å². The maximum atomic E-state index is 11.9. The first-order chi connectivity index (χ1) is 8.09. The molecule has 0 saturated carbocycles. The van der Waals surface area contributed by atoms with Crippen LogP contribution in [0.2, 0.25) is 0 Å². The minimum atomic E-state index is -0.508. The third kappa shape index (κ3) is 2.49. The minimum Gasteiger partial charge on any atom is -0.391 e. The van der Waals surface area contributed by atoms with Gasteiger partial charge in [0.25, 0.3) is 5.91 Å². The third-order valence-corrected chi connectivity index (χ3v) is 3.26. The highest BCUT2D eigenvalue weighted by atomic mass is 16.3. The van der Waals surface area contributed by atoms with Crippen LogP contribution < -0.4 is 5.32 Å². The van der Waals surface area contributed by atoms with E-state index in [2.05, 4.69) is 15.5 Å². The number of rotatable bonds is 4. The number of carbonyl (C=O) groups is 1. The number of fused-ring (bicyclic) bond motifs is 1. The zero-order valence-electron chi connectivity index (χ0n) is 10.3. The molecule has 0 radical (unpaired) electrons. The SMILES string of the molecule is CC(C)C(O)CNC(=O)c1n[nH]c2c1CCC2. The molecule has 0 aliphatic heterocycles. The first-order valence-corrected chi connectivity index (χ1v) is 6.12. The highest BCUT2D eigenvalue weighted by molar-refractivity contribution is 5.94. The van der Waals surface area contributed by atoms with Crippen LogP contribution in [0, 0.1) is 5.92 Å². The molecule has 0 aromatic carbocycles. The van der Waals surface area contributed by atoms with E-state index in [0.29, 0.717) is 5.69 Å². The van der Waals surface area contributed by atoms with Gasteiger partial charge in [0, 0.05) is 17.8 Å². The molecule has 1 atom stereocenters. The zero-order valence-corrected chi connectivity index (χ0v) is 10.3. The molecule has 1 aromatic rings. The Kier molecular flexibility index (Phi) is 3.47. The van der Waals surface area contributed by atoms with Gasteiger partial charge in [-0.2, -0.15) is 5.10 Å². The number of hydrogen-bond donors (Lipinski definition) is 3. The lowest BCUT2D eigenvalue weighted by Crippen LogP contribution is -2.35. The Morgan fingerprint density at radius 1 is 1.53 bits per heavy atom. The Morgan fingerprint density at radius 2 is 2.29 bits per heavy atom. The zero-order chi connectivity index (χ0) is 12.4. The van der Waals surface area contributed by atoms with Crippen molar-refractivity contribution in [3.05, 3.63) is 17.0 Å². The average molecular weight is 237 g/mol. The Balaban J connectivity index is 1.96. The molecule has 1 aliphatic carbocycles. The van der Waals surface area contributed by atoms with Crippen molar-refractivity contribution in [3.63, 3.8) is 0 Å². The van der Waals surface area contributed by atoms with Crippen molar-refractivity contribution in [3.8, 4) is 0 Å². The van der Waals surface area contributed by atoms with Crippen molar-refractivity contribution < 1.29 is 9.90 Å². The highest BCUT2D eigenvalue weighted by Gasteiger charge is 2.23. The molecule has 0 spiro atoms. The van der Waals surface area contributed by atoms with E-state index in [1.54, 1.807) is 0 Å². The van der Waals surface area contributed by atoms with Crippen LogP contribution in [0.1, 0.15) is 42.0 Å². The fourth-order valence-corrected chi connectivity index (χ4v) is 2.02. The number of hydrogen-bond acceptors (Lipinski definition) is 3. The number of aromatic nitrogens is 2. The van der Waals surface area contributed by atoms with Gasteiger partial charge in [0.2, 0.25) is 0 Å². The molecule has 0 bridgehead atoms. The first kappa shape index (κ1) is 12.1. The Morgan fingerprint density at radius 3 is 3.00 bits per heavy atom. The lowest BCUT2D eigenvalue weighted by molar-refractivity contribution is 0.0866. The van der Waals surface area contributed by atoms with Gasteiger partial charge in [0.05, 0.1) is 6.10 Å². The van der Waals surface area contributed by atoms with Gasteiger partial charge in [-0.25, -0.2) is 0 Å². The summed E-state index contributed by atoms with van der Waals surface area (Å²) in [4.78, 5) is 11.9. The molecule has 3 N–H and O–H groups in total. The van der Waals surface area contributed by atoms with Gasteiger partial charge in [-0.3, -0.25) is 9.89 Å². The second-order valence-electron chi connectivity index (χ2n) is 4.90. The molecule has 0 fully saturated rings. The van der Waals surface area contributed by atoms with E-state index in [1.165, 1.54) is 0 Å². The van der Waals surface area contributed by atoms with E-state index in [4.69, 9.17) is 0 Å². The summed E-state index contributed by atoms with van der Waals surface area (Å²) in [6, 6.07) is 0. The molecule has 1 amide bonds. The number of H-pyrrole nitrogens is 1. The molecule has 2 rings (SSSR count). The first-order valence-electron chi connectivity index (χ1n) is 6.12. The average Bonchev–Trinajstić information content (AvgIpc) is 2.86. The molecule has 1 aliphatic rings. The lowest BCUT2D eigenvalue weighted by Gasteiger charge is -2.14. The molecule has 0 saturated heterocycles. The molecule has 1 aromatic heterocycles. The number of carbonyl (C=O) groups excluding carboxylic acids is 1. The number of aryl methyl sites for hydroxylation is 1. The van der Waals surface area contributed by atoms with Crippen LogP contribution in [0.15, 0.2) is 0 Å². The smallest absolute Gasteiger partial charge is 0.272 e. The molecule has 5 heteroatoms. The van der Waals surface area contributed by atoms with Crippen LogP contribution in [-0.4, -0.2) is 33.9 Å². The minimum absolute atomic E-state index is 0.139. The summed E-state index contributed by atoms with van der Waals surface area (Å²) in [5.74, 6) is -0.0516. The van der Waals surface area contributed by atoms with Crippen LogP contribution in [0.4, 0.5) is 0 Å². The summed E-state index contributed by atoms with van der Waals surface area (Å²) in [6.07, 6.45) is 2.47. The van der Waals surface area contributed by atoms with Crippen LogP contribution in [0.3, 0.4) is 0 Å². The second kappa shape index (κ2) is 4.87. The second-order valence-corrected chi connectivity index (χ2v) is 4.90. The maximum absolute atomic E-state index is 11.9. The number of aliphatic hydroxyl groups is 1. The normalized spacial score (nSPS) is 16.0. The van der Waals surface area contributed by atoms with E-state index >= 15 is 0 Å². The number of nitrogens with one attached hydrogen (secondary N) is 2. The van der Waals surface area contributed by atoms with E-state index in [9.17, 15) is 9.90 Å². The third-order valence-electron chi connectivity index (χ3n) is 3.26. The van der Waals surface area contributed by atoms with Crippen molar-refractivity contribution in [2.45, 2.75) is 39.2 Å². The van der Waals surface area contributed by atoms with Gasteiger partial charge in [-0.15, -0.1) is 0 Å². The number of amides is 1. The van der Waals surface area contributed by atoms with Gasteiger partial charge >= 0.3 is 0 Å². The van der Waals surface area contributed by atoms with Crippen molar-refractivity contribution >= 4 is 5.91 Å².